The van der Waals surface area contributed by atoms with Crippen LogP contribution in [0.1, 0.15) is 11.1 Å². The number of aliphatic hydroxyl groups is 1. The lowest BCUT2D eigenvalue weighted by molar-refractivity contribution is 0.0985. The summed E-state index contributed by atoms with van der Waals surface area (Å²) in [5.74, 6) is 0.718. The molecule has 0 aromatic heterocycles. The molecule has 0 atom stereocenters. The van der Waals surface area contributed by atoms with Gasteiger partial charge in [-0.05, 0) is 37.1 Å². The van der Waals surface area contributed by atoms with Crippen molar-refractivity contribution in [2.45, 2.75) is 13.8 Å². The molecule has 1 aromatic carbocycles. The van der Waals surface area contributed by atoms with Gasteiger partial charge in [-0.2, -0.15) is 0 Å². The van der Waals surface area contributed by atoms with Crippen molar-refractivity contribution in [1.82, 2.24) is 0 Å². The standard InChI is InChI=1S/C9H12O2/c1-7-3-4-9(11-6-10)5-8(7)2/h3-5,10H,6H2,1-2H3. The Hall–Kier alpha value is -1.02. The van der Waals surface area contributed by atoms with Crippen LogP contribution >= 0.6 is 0 Å². The molecule has 1 rings (SSSR count). The van der Waals surface area contributed by atoms with Gasteiger partial charge in [0.25, 0.3) is 0 Å². The van der Waals surface area contributed by atoms with E-state index >= 15 is 0 Å². The summed E-state index contributed by atoms with van der Waals surface area (Å²) in [5, 5.41) is 8.46. The van der Waals surface area contributed by atoms with E-state index in [1.807, 2.05) is 32.0 Å². The average molecular weight is 152 g/mol. The molecule has 0 bridgehead atoms. The van der Waals surface area contributed by atoms with Gasteiger partial charge in [-0.1, -0.05) is 6.07 Å². The normalized spacial score (nSPS) is 9.73. The van der Waals surface area contributed by atoms with Crippen molar-refractivity contribution >= 4 is 0 Å². The molecule has 1 N–H and O–H groups in total. The molecule has 0 saturated heterocycles. The molecule has 0 heterocycles. The highest BCUT2D eigenvalue weighted by atomic mass is 16.6. The van der Waals surface area contributed by atoms with Gasteiger partial charge in [0.2, 0.25) is 0 Å². The summed E-state index contributed by atoms with van der Waals surface area (Å²) in [6, 6.07) is 5.73. The maximum Gasteiger partial charge on any atom is 0.186 e. The minimum Gasteiger partial charge on any atom is -0.468 e. The zero-order valence-corrected chi connectivity index (χ0v) is 6.79. The van der Waals surface area contributed by atoms with Gasteiger partial charge in [-0.3, -0.25) is 0 Å². The number of aliphatic hydroxyl groups excluding tert-OH is 1. The van der Waals surface area contributed by atoms with E-state index in [4.69, 9.17) is 9.84 Å². The second-order valence-electron chi connectivity index (χ2n) is 2.52. The van der Waals surface area contributed by atoms with Gasteiger partial charge in [0.05, 0.1) is 0 Å². The van der Waals surface area contributed by atoms with Crippen molar-refractivity contribution < 1.29 is 9.84 Å². The van der Waals surface area contributed by atoms with Crippen LogP contribution in [0.4, 0.5) is 0 Å². The van der Waals surface area contributed by atoms with Crippen molar-refractivity contribution in [3.05, 3.63) is 29.3 Å². The van der Waals surface area contributed by atoms with E-state index in [-0.39, 0.29) is 6.79 Å². The molecule has 2 heteroatoms. The van der Waals surface area contributed by atoms with Gasteiger partial charge in [-0.15, -0.1) is 0 Å². The Morgan fingerprint density at radius 3 is 2.55 bits per heavy atom. The highest BCUT2D eigenvalue weighted by Crippen LogP contribution is 2.15. The van der Waals surface area contributed by atoms with Gasteiger partial charge in [0, 0.05) is 0 Å². The van der Waals surface area contributed by atoms with E-state index in [0.29, 0.717) is 0 Å². The van der Waals surface area contributed by atoms with E-state index < -0.39 is 0 Å². The van der Waals surface area contributed by atoms with Gasteiger partial charge >= 0.3 is 0 Å². The Morgan fingerprint density at radius 2 is 2.00 bits per heavy atom. The Morgan fingerprint density at radius 1 is 1.27 bits per heavy atom. The monoisotopic (exact) mass is 152 g/mol. The first-order chi connectivity index (χ1) is 5.24. The third-order valence-electron chi connectivity index (χ3n) is 1.71. The van der Waals surface area contributed by atoms with Crippen LogP contribution in [0.25, 0.3) is 0 Å². The predicted octanol–water partition coefficient (Wildman–Crippen LogP) is 1.63. The molecular formula is C9H12O2. The SMILES string of the molecule is Cc1ccc(OCO)cc1C. The summed E-state index contributed by atoms with van der Waals surface area (Å²) in [4.78, 5) is 0. The second-order valence-corrected chi connectivity index (χ2v) is 2.52. The maximum absolute atomic E-state index is 8.46. The molecule has 0 unspecified atom stereocenters. The van der Waals surface area contributed by atoms with Crippen molar-refractivity contribution in [3.8, 4) is 5.75 Å². The maximum atomic E-state index is 8.46. The number of hydrogen-bond donors (Lipinski definition) is 1. The summed E-state index contributed by atoms with van der Waals surface area (Å²) in [7, 11) is 0. The molecule has 0 aliphatic carbocycles. The lowest BCUT2D eigenvalue weighted by Gasteiger charge is -2.04. The number of hydrogen-bond acceptors (Lipinski definition) is 2. The zero-order chi connectivity index (χ0) is 8.27. The van der Waals surface area contributed by atoms with Crippen LogP contribution in [0.15, 0.2) is 18.2 Å². The summed E-state index contributed by atoms with van der Waals surface area (Å²) in [5.41, 5.74) is 2.41. The van der Waals surface area contributed by atoms with Crippen LogP contribution in [0.5, 0.6) is 5.75 Å². The van der Waals surface area contributed by atoms with Gasteiger partial charge < -0.3 is 9.84 Å². The number of benzene rings is 1. The summed E-state index contributed by atoms with van der Waals surface area (Å²) < 4.78 is 4.90. The van der Waals surface area contributed by atoms with Gasteiger partial charge in [-0.25, -0.2) is 0 Å². The van der Waals surface area contributed by atoms with E-state index in [1.165, 1.54) is 11.1 Å². The molecule has 0 radical (unpaired) electrons. The number of aryl methyl sites for hydroxylation is 2. The third kappa shape index (κ3) is 1.95. The zero-order valence-electron chi connectivity index (χ0n) is 6.79. The lowest BCUT2D eigenvalue weighted by atomic mass is 10.1. The van der Waals surface area contributed by atoms with E-state index in [1.54, 1.807) is 0 Å². The van der Waals surface area contributed by atoms with Crippen molar-refractivity contribution in [2.75, 3.05) is 6.79 Å². The molecule has 0 fully saturated rings. The van der Waals surface area contributed by atoms with Crippen molar-refractivity contribution in [3.63, 3.8) is 0 Å². The molecule has 0 saturated carbocycles. The predicted molar refractivity (Wildman–Crippen MR) is 43.6 cm³/mol. The largest absolute Gasteiger partial charge is 0.468 e. The molecule has 11 heavy (non-hydrogen) atoms. The molecule has 0 amide bonds. The van der Waals surface area contributed by atoms with Crippen LogP contribution in [0, 0.1) is 13.8 Å². The first kappa shape index (κ1) is 8.08. The Kier molecular flexibility index (Phi) is 2.49. The first-order valence-electron chi connectivity index (χ1n) is 3.55. The second kappa shape index (κ2) is 3.39. The van der Waals surface area contributed by atoms with E-state index in [9.17, 15) is 0 Å². The minimum atomic E-state index is -0.261. The summed E-state index contributed by atoms with van der Waals surface area (Å²) in [6.07, 6.45) is 0. The summed E-state index contributed by atoms with van der Waals surface area (Å²) in [6.45, 7) is 3.79. The van der Waals surface area contributed by atoms with E-state index in [2.05, 4.69) is 0 Å². The molecule has 60 valence electrons. The fourth-order valence-corrected chi connectivity index (χ4v) is 0.878. The number of ether oxygens (including phenoxy) is 1. The fraction of sp³-hybridized carbons (Fsp3) is 0.333. The van der Waals surface area contributed by atoms with Crippen LogP contribution < -0.4 is 4.74 Å². The van der Waals surface area contributed by atoms with Crippen LogP contribution in [0.3, 0.4) is 0 Å². The van der Waals surface area contributed by atoms with Crippen molar-refractivity contribution in [2.24, 2.45) is 0 Å². The molecule has 0 aliphatic rings. The van der Waals surface area contributed by atoms with Gasteiger partial charge in [0.15, 0.2) is 6.79 Å². The molecule has 2 nitrogen and oxygen atoms in total. The third-order valence-corrected chi connectivity index (χ3v) is 1.71. The molecule has 1 aromatic rings. The van der Waals surface area contributed by atoms with Crippen LogP contribution in [-0.2, 0) is 0 Å². The first-order valence-corrected chi connectivity index (χ1v) is 3.55. The smallest absolute Gasteiger partial charge is 0.186 e. The highest BCUT2D eigenvalue weighted by Gasteiger charge is 1.94. The molecule has 0 spiro atoms. The Labute approximate surface area is 66.4 Å². The fourth-order valence-electron chi connectivity index (χ4n) is 0.878. The molecular weight excluding hydrogens is 140 g/mol. The van der Waals surface area contributed by atoms with Crippen LogP contribution in [-0.4, -0.2) is 11.9 Å². The van der Waals surface area contributed by atoms with Crippen molar-refractivity contribution in [1.29, 1.82) is 0 Å². The Balaban J connectivity index is 2.86. The lowest BCUT2D eigenvalue weighted by Crippen LogP contribution is -1.94. The summed E-state index contributed by atoms with van der Waals surface area (Å²) >= 11 is 0. The van der Waals surface area contributed by atoms with Crippen LogP contribution in [0.2, 0.25) is 0 Å². The average Bonchev–Trinajstić information content (AvgIpc) is 1.98. The Bertz CT molecular complexity index is 243. The topological polar surface area (TPSA) is 29.5 Å². The number of rotatable bonds is 2. The quantitative estimate of drug-likeness (QED) is 0.653. The molecule has 0 aliphatic heterocycles. The van der Waals surface area contributed by atoms with E-state index in [0.717, 1.165) is 5.75 Å². The highest BCUT2D eigenvalue weighted by molar-refractivity contribution is 5.33. The van der Waals surface area contributed by atoms with Gasteiger partial charge in [0.1, 0.15) is 5.75 Å². The minimum absolute atomic E-state index is 0.261.